The van der Waals surface area contributed by atoms with Gasteiger partial charge < -0.3 is 20.1 Å². The van der Waals surface area contributed by atoms with Crippen molar-refractivity contribution in [2.24, 2.45) is 0 Å². The van der Waals surface area contributed by atoms with E-state index in [1.54, 1.807) is 0 Å². The molecule has 0 aromatic carbocycles. The van der Waals surface area contributed by atoms with E-state index in [2.05, 4.69) is 39.2 Å². The third kappa shape index (κ3) is 2.99. The topological polar surface area (TPSA) is 47.2 Å². The second-order valence-electron chi connectivity index (χ2n) is 6.11. The van der Waals surface area contributed by atoms with Gasteiger partial charge in [0.2, 0.25) is 0 Å². The number of nitrogens with zero attached hydrogens (tertiary/aromatic N) is 3. The number of nitrogens with one attached hydrogen (secondary N) is 2. The monoisotopic (exact) mass is 263 g/mol. The number of rotatable bonds is 4. The van der Waals surface area contributed by atoms with Crippen molar-refractivity contribution in [2.45, 2.75) is 37.9 Å². The van der Waals surface area contributed by atoms with Gasteiger partial charge >= 0.3 is 0 Å². The smallest absolute Gasteiger partial charge is 0.0925 e. The molecule has 3 rings (SSSR count). The number of hydrogen-bond donors (Lipinski definition) is 2. The Balaban J connectivity index is 1.49. The van der Waals surface area contributed by atoms with Crippen molar-refractivity contribution in [3.63, 3.8) is 0 Å². The van der Waals surface area contributed by atoms with Crippen molar-refractivity contribution >= 4 is 0 Å². The van der Waals surface area contributed by atoms with Crippen LogP contribution < -0.4 is 5.32 Å². The number of H-pyrrole nitrogens is 1. The lowest BCUT2D eigenvalue weighted by Gasteiger charge is -2.30. The van der Waals surface area contributed by atoms with E-state index in [-0.39, 0.29) is 0 Å². The highest BCUT2D eigenvalue weighted by Gasteiger charge is 2.25. The highest BCUT2D eigenvalue weighted by Crippen LogP contribution is 2.17. The summed E-state index contributed by atoms with van der Waals surface area (Å²) in [5, 5.41) is 3.60. The minimum absolute atomic E-state index is 0.535. The second kappa shape index (κ2) is 5.61. The molecule has 0 amide bonds. The van der Waals surface area contributed by atoms with Gasteiger partial charge in [-0.15, -0.1) is 0 Å². The predicted octanol–water partition coefficient (Wildman–Crippen LogP) is 0.450. The van der Waals surface area contributed by atoms with Gasteiger partial charge in [0.25, 0.3) is 0 Å². The van der Waals surface area contributed by atoms with E-state index in [0.29, 0.717) is 6.04 Å². The molecule has 2 aliphatic rings. The Bertz CT molecular complexity index is 416. The lowest BCUT2D eigenvalue weighted by Crippen LogP contribution is -2.46. The number of aromatic nitrogens is 2. The van der Waals surface area contributed by atoms with Crippen LogP contribution in [0.2, 0.25) is 0 Å². The van der Waals surface area contributed by atoms with E-state index >= 15 is 0 Å². The van der Waals surface area contributed by atoms with Crippen molar-refractivity contribution in [3.05, 3.63) is 17.7 Å². The first-order chi connectivity index (χ1) is 9.22. The quantitative estimate of drug-likeness (QED) is 0.828. The fourth-order valence-corrected chi connectivity index (χ4v) is 3.38. The molecule has 0 saturated carbocycles. The average Bonchev–Trinajstić information content (AvgIpc) is 2.98. The summed E-state index contributed by atoms with van der Waals surface area (Å²) in [4.78, 5) is 12.6. The van der Waals surface area contributed by atoms with E-state index in [1.807, 2.05) is 6.33 Å². The van der Waals surface area contributed by atoms with Gasteiger partial charge in [0, 0.05) is 38.1 Å². The van der Waals surface area contributed by atoms with Gasteiger partial charge in [-0.2, -0.15) is 0 Å². The number of imidazole rings is 1. The molecule has 0 spiro atoms. The fourth-order valence-electron chi connectivity index (χ4n) is 3.38. The minimum atomic E-state index is 0.535. The molecule has 1 aromatic rings. The van der Waals surface area contributed by atoms with Crippen LogP contribution in [0.4, 0.5) is 0 Å². The molecule has 5 nitrogen and oxygen atoms in total. The molecule has 2 atom stereocenters. The van der Waals surface area contributed by atoms with Gasteiger partial charge in [-0.05, 0) is 33.5 Å². The van der Waals surface area contributed by atoms with Crippen molar-refractivity contribution in [2.75, 3.05) is 33.7 Å². The van der Waals surface area contributed by atoms with E-state index < -0.39 is 0 Å². The molecule has 1 aromatic heterocycles. The number of likely N-dealkylation sites (tertiary alicyclic amines) is 1. The van der Waals surface area contributed by atoms with Crippen LogP contribution in [-0.2, 0) is 13.0 Å². The molecule has 2 unspecified atom stereocenters. The summed E-state index contributed by atoms with van der Waals surface area (Å²) in [6.07, 6.45) is 5.56. The fraction of sp³-hybridized carbons (Fsp3) is 0.786. The van der Waals surface area contributed by atoms with Crippen LogP contribution in [0.5, 0.6) is 0 Å². The first-order valence-corrected chi connectivity index (χ1v) is 7.35. The molecule has 3 heterocycles. The molecule has 1 fully saturated rings. The first-order valence-electron chi connectivity index (χ1n) is 7.35. The predicted molar refractivity (Wildman–Crippen MR) is 76.1 cm³/mol. The van der Waals surface area contributed by atoms with E-state index in [4.69, 9.17) is 0 Å². The lowest BCUT2D eigenvalue weighted by atomic mass is 10.0. The molecular weight excluding hydrogens is 238 g/mol. The van der Waals surface area contributed by atoms with Gasteiger partial charge in [0.1, 0.15) is 0 Å². The summed E-state index contributed by atoms with van der Waals surface area (Å²) >= 11 is 0. The Morgan fingerprint density at radius 1 is 1.47 bits per heavy atom. The maximum Gasteiger partial charge on any atom is 0.0925 e. The Morgan fingerprint density at radius 2 is 2.37 bits per heavy atom. The number of aromatic amines is 1. The van der Waals surface area contributed by atoms with Crippen LogP contribution in [0.25, 0.3) is 0 Å². The summed E-state index contributed by atoms with van der Waals surface area (Å²) in [6, 6.07) is 1.28. The van der Waals surface area contributed by atoms with E-state index in [1.165, 1.54) is 37.3 Å². The zero-order valence-electron chi connectivity index (χ0n) is 12.0. The molecule has 106 valence electrons. The largest absolute Gasteiger partial charge is 0.347 e. The van der Waals surface area contributed by atoms with Crippen LogP contribution in [0.15, 0.2) is 6.33 Å². The molecule has 0 aliphatic carbocycles. The van der Waals surface area contributed by atoms with Gasteiger partial charge in [-0.3, -0.25) is 0 Å². The molecule has 19 heavy (non-hydrogen) atoms. The zero-order chi connectivity index (χ0) is 13.2. The Hall–Kier alpha value is -0.910. The van der Waals surface area contributed by atoms with Crippen LogP contribution in [0, 0.1) is 0 Å². The van der Waals surface area contributed by atoms with Gasteiger partial charge in [0.15, 0.2) is 0 Å². The summed E-state index contributed by atoms with van der Waals surface area (Å²) in [5.74, 6) is 0. The van der Waals surface area contributed by atoms with Crippen molar-refractivity contribution in [1.82, 2.24) is 25.1 Å². The van der Waals surface area contributed by atoms with Crippen molar-refractivity contribution < 1.29 is 0 Å². The highest BCUT2D eigenvalue weighted by molar-refractivity contribution is 5.15. The molecule has 2 aliphatic heterocycles. The summed E-state index contributed by atoms with van der Waals surface area (Å²) in [5.41, 5.74) is 2.50. The Morgan fingerprint density at radius 3 is 3.16 bits per heavy atom. The SMILES string of the molecule is CN(CC1Cc2nc[nH]c2CN1)CC1CCCN1C. The molecule has 0 radical (unpaired) electrons. The third-order valence-corrected chi connectivity index (χ3v) is 4.54. The normalized spacial score (nSPS) is 27.9. The van der Waals surface area contributed by atoms with Crippen molar-refractivity contribution in [3.8, 4) is 0 Å². The van der Waals surface area contributed by atoms with Crippen LogP contribution >= 0.6 is 0 Å². The van der Waals surface area contributed by atoms with E-state index in [9.17, 15) is 0 Å². The van der Waals surface area contributed by atoms with Gasteiger partial charge in [-0.1, -0.05) is 0 Å². The number of hydrogen-bond acceptors (Lipinski definition) is 4. The van der Waals surface area contributed by atoms with Crippen LogP contribution in [0.3, 0.4) is 0 Å². The molecule has 0 bridgehead atoms. The van der Waals surface area contributed by atoms with Crippen molar-refractivity contribution in [1.29, 1.82) is 0 Å². The number of fused-ring (bicyclic) bond motifs is 1. The first kappa shape index (κ1) is 13.1. The zero-order valence-corrected chi connectivity index (χ0v) is 12.0. The summed E-state index contributed by atoms with van der Waals surface area (Å²) < 4.78 is 0. The summed E-state index contributed by atoms with van der Waals surface area (Å²) in [6.45, 7) is 4.48. The Kier molecular flexibility index (Phi) is 3.86. The molecule has 5 heteroatoms. The maximum absolute atomic E-state index is 4.41. The third-order valence-electron chi connectivity index (χ3n) is 4.54. The van der Waals surface area contributed by atoms with Crippen LogP contribution in [-0.4, -0.2) is 65.6 Å². The summed E-state index contributed by atoms with van der Waals surface area (Å²) in [7, 11) is 4.49. The van der Waals surface area contributed by atoms with Crippen LogP contribution in [0.1, 0.15) is 24.2 Å². The second-order valence-corrected chi connectivity index (χ2v) is 6.11. The standard InChI is InChI=1S/C14H25N5/c1-18(9-12-4-3-5-19(12)2)8-11-6-13-14(7-15-11)17-10-16-13/h10-12,15H,3-9H2,1-2H3,(H,16,17). The maximum atomic E-state index is 4.41. The molecular formula is C14H25N5. The van der Waals surface area contributed by atoms with Gasteiger partial charge in [-0.25, -0.2) is 4.98 Å². The number of likely N-dealkylation sites (N-methyl/N-ethyl adjacent to an activating group) is 2. The lowest BCUT2D eigenvalue weighted by molar-refractivity contribution is 0.203. The van der Waals surface area contributed by atoms with Gasteiger partial charge in [0.05, 0.1) is 17.7 Å². The Labute approximate surface area is 115 Å². The molecule has 2 N–H and O–H groups in total. The average molecular weight is 263 g/mol. The minimum Gasteiger partial charge on any atom is -0.347 e. The van der Waals surface area contributed by atoms with E-state index in [0.717, 1.165) is 25.6 Å². The highest BCUT2D eigenvalue weighted by atomic mass is 15.2. The molecule has 1 saturated heterocycles.